The number of aromatic nitrogens is 1. The van der Waals surface area contributed by atoms with Gasteiger partial charge in [-0.15, -0.1) is 0 Å². The summed E-state index contributed by atoms with van der Waals surface area (Å²) >= 11 is 0. The Kier molecular flexibility index (Phi) is 3.25. The maximum atomic E-state index is 9.97. The molecule has 2 atom stereocenters. The molecule has 1 heterocycles. The topological polar surface area (TPSA) is 71.2 Å². The van der Waals surface area contributed by atoms with E-state index in [1.54, 1.807) is 0 Å². The first kappa shape index (κ1) is 12.2. The van der Waals surface area contributed by atoms with Gasteiger partial charge >= 0.3 is 0 Å². The zero-order chi connectivity index (χ0) is 13.2. The van der Waals surface area contributed by atoms with E-state index < -0.39 is 0 Å². The number of nitrogens with one attached hydrogen (secondary N) is 1. The minimum atomic E-state index is -0.266. The van der Waals surface area contributed by atoms with E-state index in [0.29, 0.717) is 0 Å². The molecular formula is C15H19N3O. The molecule has 2 unspecified atom stereocenters. The predicted molar refractivity (Wildman–Crippen MR) is 78.0 cm³/mol. The number of nitrogen functional groups attached to an aromatic ring is 1. The van der Waals surface area contributed by atoms with Gasteiger partial charge in [0.1, 0.15) is 5.82 Å². The van der Waals surface area contributed by atoms with E-state index in [0.717, 1.165) is 41.7 Å². The van der Waals surface area contributed by atoms with E-state index in [-0.39, 0.29) is 12.1 Å². The average Bonchev–Trinajstić information content (AvgIpc) is 2.41. The third-order valence-corrected chi connectivity index (χ3v) is 3.78. The number of nitrogens with two attached hydrogens (primary N) is 1. The van der Waals surface area contributed by atoms with E-state index in [2.05, 4.69) is 10.3 Å². The summed E-state index contributed by atoms with van der Waals surface area (Å²) in [6.07, 6.45) is 3.89. The van der Waals surface area contributed by atoms with Crippen LogP contribution in [0.3, 0.4) is 0 Å². The maximum absolute atomic E-state index is 9.97. The molecule has 0 aliphatic heterocycles. The lowest BCUT2D eigenvalue weighted by Crippen LogP contribution is -2.36. The molecule has 1 aliphatic carbocycles. The van der Waals surface area contributed by atoms with Crippen LogP contribution in [0.25, 0.3) is 10.9 Å². The third-order valence-electron chi connectivity index (χ3n) is 3.78. The fourth-order valence-electron chi connectivity index (χ4n) is 2.69. The van der Waals surface area contributed by atoms with Gasteiger partial charge in [0.25, 0.3) is 0 Å². The van der Waals surface area contributed by atoms with Crippen molar-refractivity contribution in [2.75, 3.05) is 11.1 Å². The number of hydrogen-bond donors (Lipinski definition) is 3. The molecule has 100 valence electrons. The standard InChI is InChI=1S/C15H19N3O/c16-11-6-7-12-10(9-11)5-8-15(17-12)18-13-3-1-2-4-14(13)19/h5-9,13-14,19H,1-4,16H2,(H,17,18). The van der Waals surface area contributed by atoms with Gasteiger partial charge in [0.2, 0.25) is 0 Å². The summed E-state index contributed by atoms with van der Waals surface area (Å²) in [4.78, 5) is 4.57. The van der Waals surface area contributed by atoms with Crippen LogP contribution in [-0.4, -0.2) is 22.2 Å². The zero-order valence-electron chi connectivity index (χ0n) is 10.8. The van der Waals surface area contributed by atoms with E-state index in [1.165, 1.54) is 6.42 Å². The van der Waals surface area contributed by atoms with Crippen molar-refractivity contribution in [1.29, 1.82) is 0 Å². The Morgan fingerprint density at radius 1 is 1.16 bits per heavy atom. The van der Waals surface area contributed by atoms with Gasteiger partial charge < -0.3 is 16.2 Å². The Morgan fingerprint density at radius 3 is 2.84 bits per heavy atom. The lowest BCUT2D eigenvalue weighted by Gasteiger charge is -2.28. The molecule has 1 saturated carbocycles. The highest BCUT2D eigenvalue weighted by molar-refractivity contribution is 5.83. The molecular weight excluding hydrogens is 238 g/mol. The number of anilines is 2. The molecule has 4 N–H and O–H groups in total. The second-order valence-corrected chi connectivity index (χ2v) is 5.25. The van der Waals surface area contributed by atoms with E-state index in [4.69, 9.17) is 5.73 Å². The molecule has 3 rings (SSSR count). The summed E-state index contributed by atoms with van der Waals surface area (Å²) in [5.74, 6) is 0.822. The van der Waals surface area contributed by atoms with Crippen LogP contribution in [0.4, 0.5) is 11.5 Å². The highest BCUT2D eigenvalue weighted by atomic mass is 16.3. The molecule has 1 aliphatic rings. The highest BCUT2D eigenvalue weighted by Gasteiger charge is 2.22. The third kappa shape index (κ3) is 2.63. The van der Waals surface area contributed by atoms with Crippen molar-refractivity contribution in [1.82, 2.24) is 4.98 Å². The molecule has 2 aromatic rings. The number of fused-ring (bicyclic) bond motifs is 1. The molecule has 4 nitrogen and oxygen atoms in total. The first-order chi connectivity index (χ1) is 9.22. The van der Waals surface area contributed by atoms with Crippen LogP contribution in [0.2, 0.25) is 0 Å². The minimum Gasteiger partial charge on any atom is -0.399 e. The summed E-state index contributed by atoms with van der Waals surface area (Å²) < 4.78 is 0. The van der Waals surface area contributed by atoms with Gasteiger partial charge in [-0.05, 0) is 43.2 Å². The Balaban J connectivity index is 1.83. The predicted octanol–water partition coefficient (Wildman–Crippen LogP) is 2.53. The molecule has 0 amide bonds. The number of aliphatic hydroxyl groups is 1. The summed E-state index contributed by atoms with van der Waals surface area (Å²) in [6.45, 7) is 0. The van der Waals surface area contributed by atoms with Crippen LogP contribution in [0.1, 0.15) is 25.7 Å². The second-order valence-electron chi connectivity index (χ2n) is 5.25. The van der Waals surface area contributed by atoms with Crippen LogP contribution < -0.4 is 11.1 Å². The molecule has 4 heteroatoms. The van der Waals surface area contributed by atoms with E-state index >= 15 is 0 Å². The SMILES string of the molecule is Nc1ccc2nc(NC3CCCCC3O)ccc2c1. The molecule has 0 saturated heterocycles. The van der Waals surface area contributed by atoms with Crippen molar-refractivity contribution >= 4 is 22.4 Å². The minimum absolute atomic E-state index is 0.118. The Hall–Kier alpha value is -1.81. The smallest absolute Gasteiger partial charge is 0.126 e. The van der Waals surface area contributed by atoms with E-state index in [1.807, 2.05) is 30.3 Å². The molecule has 0 bridgehead atoms. The van der Waals surface area contributed by atoms with Crippen molar-refractivity contribution in [2.24, 2.45) is 0 Å². The summed E-state index contributed by atoms with van der Waals surface area (Å²) in [6, 6.07) is 9.77. The quantitative estimate of drug-likeness (QED) is 0.723. The lowest BCUT2D eigenvalue weighted by molar-refractivity contribution is 0.116. The second kappa shape index (κ2) is 5.05. The number of pyridine rings is 1. The summed E-state index contributed by atoms with van der Waals surface area (Å²) in [5, 5.41) is 14.4. The Bertz CT molecular complexity index is 585. The fourth-order valence-corrected chi connectivity index (χ4v) is 2.69. The first-order valence-corrected chi connectivity index (χ1v) is 6.83. The first-order valence-electron chi connectivity index (χ1n) is 6.83. The normalized spacial score (nSPS) is 23.4. The average molecular weight is 257 g/mol. The molecule has 1 fully saturated rings. The summed E-state index contributed by atoms with van der Waals surface area (Å²) in [7, 11) is 0. The Labute approximate surface area is 112 Å². The van der Waals surface area contributed by atoms with Gasteiger partial charge in [0, 0.05) is 11.1 Å². The van der Waals surface area contributed by atoms with Gasteiger partial charge in [-0.3, -0.25) is 0 Å². The van der Waals surface area contributed by atoms with Gasteiger partial charge in [0.15, 0.2) is 0 Å². The van der Waals surface area contributed by atoms with Gasteiger partial charge in [0.05, 0.1) is 17.7 Å². The molecule has 19 heavy (non-hydrogen) atoms. The summed E-state index contributed by atoms with van der Waals surface area (Å²) in [5.41, 5.74) is 7.42. The van der Waals surface area contributed by atoms with Crippen LogP contribution in [-0.2, 0) is 0 Å². The van der Waals surface area contributed by atoms with Crippen molar-refractivity contribution in [3.8, 4) is 0 Å². The zero-order valence-corrected chi connectivity index (χ0v) is 10.8. The van der Waals surface area contributed by atoms with Crippen molar-refractivity contribution in [3.05, 3.63) is 30.3 Å². The number of hydrogen-bond acceptors (Lipinski definition) is 4. The number of benzene rings is 1. The van der Waals surface area contributed by atoms with Crippen LogP contribution in [0.15, 0.2) is 30.3 Å². The van der Waals surface area contributed by atoms with Crippen molar-refractivity contribution in [3.63, 3.8) is 0 Å². The van der Waals surface area contributed by atoms with Crippen LogP contribution in [0, 0.1) is 0 Å². The van der Waals surface area contributed by atoms with Gasteiger partial charge in [-0.1, -0.05) is 12.8 Å². The molecule has 0 spiro atoms. The molecule has 0 radical (unpaired) electrons. The lowest BCUT2D eigenvalue weighted by atomic mass is 9.92. The van der Waals surface area contributed by atoms with Crippen LogP contribution >= 0.6 is 0 Å². The largest absolute Gasteiger partial charge is 0.399 e. The Morgan fingerprint density at radius 2 is 2.00 bits per heavy atom. The van der Waals surface area contributed by atoms with Gasteiger partial charge in [-0.2, -0.15) is 0 Å². The van der Waals surface area contributed by atoms with E-state index in [9.17, 15) is 5.11 Å². The number of aliphatic hydroxyl groups excluding tert-OH is 1. The monoisotopic (exact) mass is 257 g/mol. The molecule has 1 aromatic carbocycles. The highest BCUT2D eigenvalue weighted by Crippen LogP contribution is 2.23. The van der Waals surface area contributed by atoms with Crippen LogP contribution in [0.5, 0.6) is 0 Å². The number of nitrogens with zero attached hydrogens (tertiary/aromatic N) is 1. The van der Waals surface area contributed by atoms with Crippen molar-refractivity contribution in [2.45, 2.75) is 37.8 Å². The maximum Gasteiger partial charge on any atom is 0.126 e. The van der Waals surface area contributed by atoms with Gasteiger partial charge in [-0.25, -0.2) is 4.98 Å². The fraction of sp³-hybridized carbons (Fsp3) is 0.400. The number of rotatable bonds is 2. The molecule has 1 aromatic heterocycles. The van der Waals surface area contributed by atoms with Crippen molar-refractivity contribution < 1.29 is 5.11 Å².